The summed E-state index contributed by atoms with van der Waals surface area (Å²) < 4.78 is 26.9. The molecule has 7 nitrogen and oxygen atoms in total. The van der Waals surface area contributed by atoms with Crippen LogP contribution in [0.5, 0.6) is 17.2 Å². The molecule has 0 N–H and O–H groups in total. The minimum Gasteiger partial charge on any atom is -0.479 e. The molecule has 3 aromatic carbocycles. The first-order valence-corrected chi connectivity index (χ1v) is 10.1. The van der Waals surface area contributed by atoms with Crippen LogP contribution in [0.4, 0.5) is 0 Å². The smallest absolute Gasteiger partial charge is 0.347 e. The Hall–Kier alpha value is -3.84. The molecule has 1 atom stereocenters. The Bertz CT molecular complexity index is 1310. The van der Waals surface area contributed by atoms with E-state index in [1.165, 1.54) is 13.4 Å². The van der Waals surface area contributed by atoms with E-state index in [2.05, 4.69) is 0 Å². The maximum absolute atomic E-state index is 12.9. The largest absolute Gasteiger partial charge is 0.479 e. The lowest BCUT2D eigenvalue weighted by Gasteiger charge is -2.14. The van der Waals surface area contributed by atoms with Crippen molar-refractivity contribution in [3.63, 3.8) is 0 Å². The van der Waals surface area contributed by atoms with Gasteiger partial charge in [0.25, 0.3) is 0 Å². The predicted octanol–water partition coefficient (Wildman–Crippen LogP) is 4.70. The summed E-state index contributed by atoms with van der Waals surface area (Å²) in [6.07, 6.45) is 0.443. The molecule has 1 unspecified atom stereocenters. The molecule has 4 aromatic rings. The Morgan fingerprint density at radius 3 is 2.56 bits per heavy atom. The molecule has 0 aliphatic carbocycles. The number of rotatable bonds is 8. The zero-order chi connectivity index (χ0) is 22.5. The van der Waals surface area contributed by atoms with Crippen molar-refractivity contribution in [1.82, 2.24) is 0 Å². The van der Waals surface area contributed by atoms with Gasteiger partial charge in [-0.3, -0.25) is 4.79 Å². The number of hydrogen-bond acceptors (Lipinski definition) is 7. The van der Waals surface area contributed by atoms with Gasteiger partial charge in [0, 0.05) is 13.2 Å². The highest BCUT2D eigenvalue weighted by Gasteiger charge is 2.17. The van der Waals surface area contributed by atoms with Gasteiger partial charge in [0.2, 0.25) is 11.2 Å². The maximum atomic E-state index is 12.9. The summed E-state index contributed by atoms with van der Waals surface area (Å²) in [5.41, 5.74) is 0.0105. The Labute approximate surface area is 184 Å². The molecule has 0 saturated carbocycles. The van der Waals surface area contributed by atoms with Gasteiger partial charge in [-0.2, -0.15) is 0 Å². The van der Waals surface area contributed by atoms with Crippen LogP contribution < -0.4 is 14.9 Å². The number of esters is 1. The van der Waals surface area contributed by atoms with Crippen LogP contribution in [0.1, 0.15) is 6.92 Å². The van der Waals surface area contributed by atoms with Crippen molar-refractivity contribution in [2.75, 3.05) is 20.3 Å². The number of ether oxygens (including phenoxy) is 4. The van der Waals surface area contributed by atoms with E-state index >= 15 is 0 Å². The molecule has 7 heteroatoms. The van der Waals surface area contributed by atoms with Crippen molar-refractivity contribution in [3.8, 4) is 17.2 Å². The van der Waals surface area contributed by atoms with Crippen molar-refractivity contribution in [1.29, 1.82) is 0 Å². The number of methoxy groups -OCH3 is 1. The van der Waals surface area contributed by atoms with Crippen molar-refractivity contribution >= 4 is 27.7 Å². The number of benzene rings is 3. The van der Waals surface area contributed by atoms with E-state index < -0.39 is 12.1 Å². The fourth-order valence-electron chi connectivity index (χ4n) is 3.19. The van der Waals surface area contributed by atoms with Crippen LogP contribution in [0.2, 0.25) is 0 Å². The van der Waals surface area contributed by atoms with Crippen molar-refractivity contribution in [2.24, 2.45) is 0 Å². The monoisotopic (exact) mass is 434 g/mol. The van der Waals surface area contributed by atoms with Crippen LogP contribution in [0.25, 0.3) is 21.7 Å². The molecule has 164 valence electrons. The van der Waals surface area contributed by atoms with Gasteiger partial charge in [0.05, 0.1) is 12.0 Å². The zero-order valence-corrected chi connectivity index (χ0v) is 17.7. The molecule has 0 bridgehead atoms. The molecule has 4 rings (SSSR count). The molecular formula is C25H22O7. The minimum atomic E-state index is -0.827. The third kappa shape index (κ3) is 4.73. The third-order valence-electron chi connectivity index (χ3n) is 4.84. The van der Waals surface area contributed by atoms with Crippen LogP contribution >= 0.6 is 0 Å². The Morgan fingerprint density at radius 1 is 0.969 bits per heavy atom. The summed E-state index contributed by atoms with van der Waals surface area (Å²) >= 11 is 0. The summed E-state index contributed by atoms with van der Waals surface area (Å²) in [4.78, 5) is 24.8. The fourth-order valence-corrected chi connectivity index (χ4v) is 3.19. The maximum Gasteiger partial charge on any atom is 0.347 e. The SMILES string of the molecule is COCCOC(=O)C(C)Oc1ccc2c(=O)c(Oc3ccc4ccccc4c3)coc2c1. The number of fused-ring (bicyclic) bond motifs is 2. The zero-order valence-electron chi connectivity index (χ0n) is 17.7. The predicted molar refractivity (Wildman–Crippen MR) is 119 cm³/mol. The van der Waals surface area contributed by atoms with Gasteiger partial charge in [0.15, 0.2) is 6.10 Å². The average molecular weight is 434 g/mol. The first kappa shape index (κ1) is 21.4. The second-order valence-electron chi connectivity index (χ2n) is 7.12. The van der Waals surface area contributed by atoms with Gasteiger partial charge in [-0.1, -0.05) is 30.3 Å². The molecule has 0 aliphatic heterocycles. The molecular weight excluding hydrogens is 412 g/mol. The number of hydrogen-bond donors (Lipinski definition) is 0. The van der Waals surface area contributed by atoms with E-state index in [0.717, 1.165) is 10.8 Å². The molecule has 32 heavy (non-hydrogen) atoms. The van der Waals surface area contributed by atoms with Gasteiger partial charge in [-0.15, -0.1) is 0 Å². The second kappa shape index (κ2) is 9.53. The van der Waals surface area contributed by atoms with E-state index in [0.29, 0.717) is 29.1 Å². The van der Waals surface area contributed by atoms with Crippen molar-refractivity contribution in [2.45, 2.75) is 13.0 Å². The van der Waals surface area contributed by atoms with Crippen LogP contribution in [0, 0.1) is 0 Å². The van der Waals surface area contributed by atoms with Crippen molar-refractivity contribution < 1.29 is 28.2 Å². The molecule has 0 amide bonds. The highest BCUT2D eigenvalue weighted by Crippen LogP contribution is 2.27. The average Bonchev–Trinajstić information content (AvgIpc) is 2.81. The lowest BCUT2D eigenvalue weighted by molar-refractivity contribution is -0.152. The van der Waals surface area contributed by atoms with E-state index in [-0.39, 0.29) is 17.8 Å². The summed E-state index contributed by atoms with van der Waals surface area (Å²) in [5.74, 6) is 0.482. The summed E-state index contributed by atoms with van der Waals surface area (Å²) in [6.45, 7) is 2.04. The lowest BCUT2D eigenvalue weighted by Crippen LogP contribution is -2.27. The quantitative estimate of drug-likeness (QED) is 0.294. The first-order valence-electron chi connectivity index (χ1n) is 10.1. The Kier molecular flexibility index (Phi) is 6.37. The molecule has 0 saturated heterocycles. The Morgan fingerprint density at radius 2 is 1.75 bits per heavy atom. The summed E-state index contributed by atoms with van der Waals surface area (Å²) in [7, 11) is 1.52. The molecule has 0 radical (unpaired) electrons. The van der Waals surface area contributed by atoms with Gasteiger partial charge < -0.3 is 23.4 Å². The standard InChI is InChI=1S/C25H22O7/c1-16(25(27)29-12-11-28-2)31-20-9-10-21-22(14-20)30-15-23(24(21)26)32-19-8-7-17-5-3-4-6-18(17)13-19/h3-10,13-16H,11-12H2,1-2H3. The van der Waals surface area contributed by atoms with Crippen LogP contribution in [-0.2, 0) is 14.3 Å². The van der Waals surface area contributed by atoms with Crippen LogP contribution in [0.3, 0.4) is 0 Å². The van der Waals surface area contributed by atoms with Gasteiger partial charge in [-0.05, 0) is 42.0 Å². The summed E-state index contributed by atoms with van der Waals surface area (Å²) in [6, 6.07) is 18.2. The van der Waals surface area contributed by atoms with Crippen molar-refractivity contribution in [3.05, 3.63) is 77.2 Å². The highest BCUT2D eigenvalue weighted by molar-refractivity contribution is 5.84. The molecule has 1 heterocycles. The molecule has 1 aromatic heterocycles. The van der Waals surface area contributed by atoms with Crippen LogP contribution in [-0.4, -0.2) is 32.4 Å². The first-order chi connectivity index (χ1) is 15.5. The van der Waals surface area contributed by atoms with E-state index in [1.54, 1.807) is 31.2 Å². The van der Waals surface area contributed by atoms with Gasteiger partial charge in [0.1, 0.15) is 30.0 Å². The lowest BCUT2D eigenvalue weighted by atomic mass is 10.1. The number of carbonyl (C=O) groups excluding carboxylic acids is 1. The highest BCUT2D eigenvalue weighted by atomic mass is 16.6. The topological polar surface area (TPSA) is 84.2 Å². The third-order valence-corrected chi connectivity index (χ3v) is 4.84. The second-order valence-corrected chi connectivity index (χ2v) is 7.12. The van der Waals surface area contributed by atoms with E-state index in [4.69, 9.17) is 23.4 Å². The fraction of sp³-hybridized carbons (Fsp3) is 0.200. The van der Waals surface area contributed by atoms with Gasteiger partial charge >= 0.3 is 5.97 Å². The minimum absolute atomic E-state index is 0.0801. The normalized spacial score (nSPS) is 11.9. The Balaban J connectivity index is 1.51. The van der Waals surface area contributed by atoms with E-state index in [1.807, 2.05) is 36.4 Å². The van der Waals surface area contributed by atoms with E-state index in [9.17, 15) is 9.59 Å². The van der Waals surface area contributed by atoms with Gasteiger partial charge in [-0.25, -0.2) is 4.79 Å². The number of carbonyl (C=O) groups is 1. The molecule has 0 fully saturated rings. The molecule has 0 aliphatic rings. The van der Waals surface area contributed by atoms with Crippen LogP contribution in [0.15, 0.2) is 76.1 Å². The summed E-state index contributed by atoms with van der Waals surface area (Å²) in [5, 5.41) is 2.42. The molecule has 0 spiro atoms.